The molecule has 0 saturated heterocycles. The summed E-state index contributed by atoms with van der Waals surface area (Å²) in [6, 6.07) is 3.97. The van der Waals surface area contributed by atoms with Crippen molar-refractivity contribution in [1.29, 1.82) is 0 Å². The van der Waals surface area contributed by atoms with Crippen LogP contribution in [0.25, 0.3) is 11.2 Å². The van der Waals surface area contributed by atoms with Crippen LogP contribution in [0.5, 0.6) is 0 Å². The summed E-state index contributed by atoms with van der Waals surface area (Å²) in [6.45, 7) is 2.02. The van der Waals surface area contributed by atoms with Crippen LogP contribution in [0.15, 0.2) is 24.5 Å². The highest BCUT2D eigenvalue weighted by atomic mass is 15.0. The van der Waals surface area contributed by atoms with E-state index in [1.165, 1.54) is 0 Å². The molecule has 0 radical (unpaired) electrons. The predicted molar refractivity (Wildman–Crippen MR) is 63.9 cm³/mol. The average Bonchev–Trinajstić information content (AvgIpc) is 2.29. The lowest BCUT2D eigenvalue weighted by Gasteiger charge is -2.11. The molecule has 0 spiro atoms. The molecule has 2 aromatic heterocycles. The second kappa shape index (κ2) is 4.58. The Bertz CT molecular complexity index is 530. The van der Waals surface area contributed by atoms with Crippen molar-refractivity contribution in [2.24, 2.45) is 0 Å². The molecule has 0 bridgehead atoms. The molecule has 4 heteroatoms. The van der Waals surface area contributed by atoms with E-state index >= 15 is 0 Å². The third-order valence-electron chi connectivity index (χ3n) is 2.15. The zero-order valence-electron chi connectivity index (χ0n) is 9.01. The minimum Gasteiger partial charge on any atom is -0.367 e. The normalized spacial score (nSPS) is 12.0. The van der Waals surface area contributed by atoms with E-state index in [0.717, 1.165) is 11.3 Å². The molecule has 2 heterocycles. The highest BCUT2D eigenvalue weighted by Gasteiger charge is 2.03. The summed E-state index contributed by atoms with van der Waals surface area (Å²) in [6.07, 6.45) is 9.19. The number of terminal acetylenes is 1. The standard InChI is InChI=1S/C12H12N4/c1-3-4-9(2)15-11-6-5-10-12(16-11)14-8-7-13-10/h1,5-9H,4H2,2H3,(H,14,15,16). The minimum atomic E-state index is 0.201. The van der Waals surface area contributed by atoms with E-state index in [-0.39, 0.29) is 6.04 Å². The number of aromatic nitrogens is 3. The van der Waals surface area contributed by atoms with E-state index in [4.69, 9.17) is 6.42 Å². The Balaban J connectivity index is 2.23. The lowest BCUT2D eigenvalue weighted by atomic mass is 10.2. The third kappa shape index (κ3) is 2.26. The van der Waals surface area contributed by atoms with Crippen molar-refractivity contribution in [2.75, 3.05) is 5.32 Å². The lowest BCUT2D eigenvalue weighted by Crippen LogP contribution is -2.15. The summed E-state index contributed by atoms with van der Waals surface area (Å²) in [7, 11) is 0. The van der Waals surface area contributed by atoms with Gasteiger partial charge in [0, 0.05) is 24.9 Å². The van der Waals surface area contributed by atoms with Crippen LogP contribution < -0.4 is 5.32 Å². The third-order valence-corrected chi connectivity index (χ3v) is 2.15. The van der Waals surface area contributed by atoms with Crippen molar-refractivity contribution in [2.45, 2.75) is 19.4 Å². The van der Waals surface area contributed by atoms with Crippen molar-refractivity contribution >= 4 is 17.0 Å². The molecular formula is C12H12N4. The topological polar surface area (TPSA) is 50.7 Å². The fourth-order valence-corrected chi connectivity index (χ4v) is 1.42. The number of pyridine rings is 1. The molecule has 1 atom stereocenters. The number of nitrogens with one attached hydrogen (secondary N) is 1. The van der Waals surface area contributed by atoms with Gasteiger partial charge in [-0.25, -0.2) is 9.97 Å². The summed E-state index contributed by atoms with van der Waals surface area (Å²) in [5.74, 6) is 3.38. The van der Waals surface area contributed by atoms with E-state index in [0.29, 0.717) is 12.1 Å². The van der Waals surface area contributed by atoms with Gasteiger partial charge in [0.05, 0.1) is 0 Å². The number of hydrogen-bond acceptors (Lipinski definition) is 4. The van der Waals surface area contributed by atoms with Crippen LogP contribution in [0, 0.1) is 12.3 Å². The number of anilines is 1. The summed E-state index contributed by atoms with van der Waals surface area (Å²) in [5, 5.41) is 3.21. The SMILES string of the molecule is C#CCC(C)Nc1ccc2nccnc2n1. The van der Waals surface area contributed by atoms with E-state index in [2.05, 4.69) is 26.2 Å². The van der Waals surface area contributed by atoms with E-state index in [1.54, 1.807) is 12.4 Å². The second-order valence-electron chi connectivity index (χ2n) is 3.55. The van der Waals surface area contributed by atoms with Crippen molar-refractivity contribution in [3.05, 3.63) is 24.5 Å². The first-order chi connectivity index (χ1) is 7.79. The summed E-state index contributed by atoms with van der Waals surface area (Å²) >= 11 is 0. The van der Waals surface area contributed by atoms with Gasteiger partial charge in [-0.1, -0.05) is 0 Å². The van der Waals surface area contributed by atoms with Crippen LogP contribution in [0.4, 0.5) is 5.82 Å². The van der Waals surface area contributed by atoms with Crippen LogP contribution in [-0.2, 0) is 0 Å². The van der Waals surface area contributed by atoms with Gasteiger partial charge in [-0.2, -0.15) is 0 Å². The van der Waals surface area contributed by atoms with Gasteiger partial charge in [-0.15, -0.1) is 12.3 Å². The smallest absolute Gasteiger partial charge is 0.180 e. The fraction of sp³-hybridized carbons (Fsp3) is 0.250. The van der Waals surface area contributed by atoms with Gasteiger partial charge in [0.1, 0.15) is 11.3 Å². The largest absolute Gasteiger partial charge is 0.367 e. The molecule has 0 fully saturated rings. The predicted octanol–water partition coefficient (Wildman–Crippen LogP) is 1.85. The van der Waals surface area contributed by atoms with Crippen molar-refractivity contribution in [1.82, 2.24) is 15.0 Å². The number of rotatable bonds is 3. The molecule has 0 aliphatic carbocycles. The van der Waals surface area contributed by atoms with Gasteiger partial charge in [0.25, 0.3) is 0 Å². The maximum absolute atomic E-state index is 5.24. The molecular weight excluding hydrogens is 200 g/mol. The zero-order valence-corrected chi connectivity index (χ0v) is 9.01. The maximum Gasteiger partial charge on any atom is 0.180 e. The molecule has 1 unspecified atom stereocenters. The number of hydrogen-bond donors (Lipinski definition) is 1. The molecule has 0 amide bonds. The van der Waals surface area contributed by atoms with Crippen molar-refractivity contribution in [3.63, 3.8) is 0 Å². The first-order valence-electron chi connectivity index (χ1n) is 5.07. The summed E-state index contributed by atoms with van der Waals surface area (Å²) in [4.78, 5) is 12.6. The van der Waals surface area contributed by atoms with Gasteiger partial charge in [-0.05, 0) is 19.1 Å². The first-order valence-corrected chi connectivity index (χ1v) is 5.07. The quantitative estimate of drug-likeness (QED) is 0.789. The lowest BCUT2D eigenvalue weighted by molar-refractivity contribution is 0.822. The fourth-order valence-electron chi connectivity index (χ4n) is 1.42. The van der Waals surface area contributed by atoms with E-state index in [1.807, 2.05) is 19.1 Å². The Morgan fingerprint density at radius 3 is 3.00 bits per heavy atom. The minimum absolute atomic E-state index is 0.201. The highest BCUT2D eigenvalue weighted by molar-refractivity contribution is 5.71. The summed E-state index contributed by atoms with van der Waals surface area (Å²) in [5.41, 5.74) is 1.43. The van der Waals surface area contributed by atoms with Crippen LogP contribution in [0.3, 0.4) is 0 Å². The van der Waals surface area contributed by atoms with E-state index < -0.39 is 0 Å². The second-order valence-corrected chi connectivity index (χ2v) is 3.55. The molecule has 0 saturated carbocycles. The Kier molecular flexibility index (Phi) is 2.97. The van der Waals surface area contributed by atoms with Crippen LogP contribution in [0.2, 0.25) is 0 Å². The summed E-state index contributed by atoms with van der Waals surface area (Å²) < 4.78 is 0. The first kappa shape index (κ1) is 10.4. The molecule has 0 aliphatic heterocycles. The van der Waals surface area contributed by atoms with Gasteiger partial charge in [-0.3, -0.25) is 4.98 Å². The van der Waals surface area contributed by atoms with Crippen LogP contribution in [-0.4, -0.2) is 21.0 Å². The monoisotopic (exact) mass is 212 g/mol. The van der Waals surface area contributed by atoms with E-state index in [9.17, 15) is 0 Å². The Morgan fingerprint density at radius 2 is 2.19 bits per heavy atom. The molecule has 0 aromatic carbocycles. The molecule has 2 aromatic rings. The van der Waals surface area contributed by atoms with Gasteiger partial charge in [0.15, 0.2) is 5.65 Å². The molecule has 4 nitrogen and oxygen atoms in total. The maximum atomic E-state index is 5.24. The molecule has 80 valence electrons. The molecule has 2 rings (SSSR count). The van der Waals surface area contributed by atoms with Crippen molar-refractivity contribution < 1.29 is 0 Å². The van der Waals surface area contributed by atoms with Crippen LogP contribution >= 0.6 is 0 Å². The van der Waals surface area contributed by atoms with Gasteiger partial charge in [0.2, 0.25) is 0 Å². The zero-order chi connectivity index (χ0) is 11.4. The van der Waals surface area contributed by atoms with Gasteiger partial charge < -0.3 is 5.32 Å². The Hall–Kier alpha value is -2.15. The van der Waals surface area contributed by atoms with Crippen LogP contribution in [0.1, 0.15) is 13.3 Å². The number of nitrogens with zero attached hydrogens (tertiary/aromatic N) is 3. The molecule has 0 aliphatic rings. The average molecular weight is 212 g/mol. The Labute approximate surface area is 94.1 Å². The number of fused-ring (bicyclic) bond motifs is 1. The Morgan fingerprint density at radius 1 is 1.38 bits per heavy atom. The van der Waals surface area contributed by atoms with Crippen molar-refractivity contribution in [3.8, 4) is 12.3 Å². The highest BCUT2D eigenvalue weighted by Crippen LogP contribution is 2.11. The molecule has 1 N–H and O–H groups in total. The molecule has 16 heavy (non-hydrogen) atoms. The van der Waals surface area contributed by atoms with Gasteiger partial charge >= 0.3 is 0 Å².